The highest BCUT2D eigenvalue weighted by molar-refractivity contribution is 6.60. The van der Waals surface area contributed by atoms with Gasteiger partial charge in [0.1, 0.15) is 0 Å². The van der Waals surface area contributed by atoms with E-state index in [1.807, 2.05) is 0 Å². The molecule has 124 valence electrons. The third-order valence-electron chi connectivity index (χ3n) is 4.05. The molecule has 6 nitrogen and oxygen atoms in total. The summed E-state index contributed by atoms with van der Waals surface area (Å²) in [6, 6.07) is 0.889. The number of nitrogens with zero attached hydrogens (tertiary/aromatic N) is 1. The minimum absolute atomic E-state index is 0.0558. The zero-order valence-electron chi connectivity index (χ0n) is 13.6. The molecule has 0 aromatic carbocycles. The van der Waals surface area contributed by atoms with E-state index in [1.165, 1.54) is 0 Å². The molecule has 0 amide bonds. The first kappa shape index (κ1) is 17.3. The highest BCUT2D eigenvalue weighted by Gasteiger charge is 2.48. The molecule has 0 aromatic heterocycles. The van der Waals surface area contributed by atoms with Crippen LogP contribution in [0.25, 0.3) is 0 Å². The van der Waals surface area contributed by atoms with Crippen LogP contribution in [0.15, 0.2) is 0 Å². The van der Waals surface area contributed by atoms with Gasteiger partial charge in [0.25, 0.3) is 0 Å². The van der Waals surface area contributed by atoms with E-state index < -0.39 is 8.80 Å². The van der Waals surface area contributed by atoms with Gasteiger partial charge < -0.3 is 24.7 Å². The molecule has 4 N–H and O–H groups in total. The van der Waals surface area contributed by atoms with Gasteiger partial charge in [-0.1, -0.05) is 0 Å². The van der Waals surface area contributed by atoms with Gasteiger partial charge in [-0.3, -0.25) is 4.90 Å². The maximum atomic E-state index is 6.29. The van der Waals surface area contributed by atoms with Gasteiger partial charge in [-0.05, 0) is 33.6 Å². The lowest BCUT2D eigenvalue weighted by Crippen LogP contribution is -2.61. The first-order chi connectivity index (χ1) is 9.92. The average Bonchev–Trinajstić information content (AvgIpc) is 2.34. The van der Waals surface area contributed by atoms with Crippen LogP contribution in [-0.4, -0.2) is 64.2 Å². The van der Waals surface area contributed by atoms with E-state index in [9.17, 15) is 0 Å². The summed E-state index contributed by atoms with van der Waals surface area (Å²) >= 11 is 0. The van der Waals surface area contributed by atoms with Crippen LogP contribution in [0.4, 0.5) is 0 Å². The number of rotatable bonds is 5. The molecule has 0 aliphatic carbocycles. The number of fused-ring (bicyclic) bond motifs is 6. The van der Waals surface area contributed by atoms with Crippen molar-refractivity contribution in [3.63, 3.8) is 0 Å². The van der Waals surface area contributed by atoms with Crippen LogP contribution in [0.5, 0.6) is 0 Å². The molecule has 4 unspecified atom stereocenters. The molecule has 3 fully saturated rings. The van der Waals surface area contributed by atoms with Crippen molar-refractivity contribution in [1.82, 2.24) is 4.90 Å². The van der Waals surface area contributed by atoms with Crippen molar-refractivity contribution in [1.29, 1.82) is 0 Å². The third kappa shape index (κ3) is 4.99. The minimum atomic E-state index is -2.62. The molecular formula is C14H31N3O3Si. The number of nitrogens with two attached hydrogens (primary N) is 2. The molecule has 0 saturated carbocycles. The summed E-state index contributed by atoms with van der Waals surface area (Å²) in [4.78, 5) is 2.38. The normalized spacial score (nSPS) is 42.1. The Hall–Kier alpha value is -0.0231. The average molecular weight is 318 g/mol. The van der Waals surface area contributed by atoms with E-state index in [0.29, 0.717) is 6.54 Å². The summed E-state index contributed by atoms with van der Waals surface area (Å²) in [6.45, 7) is 9.72. The SMILES string of the molecule is CC1CN2CC(C)O[Si](CCCC(N)CN)(O1)OC(C)C2. The molecule has 3 saturated heterocycles. The second-order valence-electron chi connectivity index (χ2n) is 6.57. The molecule has 2 bridgehead atoms. The maximum Gasteiger partial charge on any atom is 0.501 e. The predicted octanol–water partition coefficient (Wildman–Crippen LogP) is 0.536. The zero-order valence-corrected chi connectivity index (χ0v) is 14.6. The first-order valence-electron chi connectivity index (χ1n) is 8.14. The van der Waals surface area contributed by atoms with Gasteiger partial charge in [0, 0.05) is 38.3 Å². The monoisotopic (exact) mass is 317 g/mol. The Morgan fingerprint density at radius 3 is 1.95 bits per heavy atom. The largest absolute Gasteiger partial charge is 0.501 e. The van der Waals surface area contributed by atoms with Crippen molar-refractivity contribution < 1.29 is 13.3 Å². The summed E-state index contributed by atoms with van der Waals surface area (Å²) in [6.07, 6.45) is 2.30. The Morgan fingerprint density at radius 1 is 1.05 bits per heavy atom. The summed E-state index contributed by atoms with van der Waals surface area (Å²) in [5, 5.41) is 0. The Bertz CT molecular complexity index is 299. The van der Waals surface area contributed by atoms with Gasteiger partial charge in [-0.15, -0.1) is 0 Å². The molecule has 0 aromatic rings. The first-order valence-corrected chi connectivity index (χ1v) is 10.1. The molecule has 0 spiro atoms. The fourth-order valence-electron chi connectivity index (χ4n) is 3.30. The third-order valence-corrected chi connectivity index (χ3v) is 7.30. The van der Waals surface area contributed by atoms with Crippen LogP contribution in [0, 0.1) is 0 Å². The van der Waals surface area contributed by atoms with Crippen molar-refractivity contribution >= 4 is 8.80 Å². The van der Waals surface area contributed by atoms with Crippen LogP contribution >= 0.6 is 0 Å². The van der Waals surface area contributed by atoms with E-state index in [2.05, 4.69) is 25.7 Å². The van der Waals surface area contributed by atoms with E-state index in [-0.39, 0.29) is 24.4 Å². The van der Waals surface area contributed by atoms with Crippen LogP contribution in [-0.2, 0) is 13.3 Å². The lowest BCUT2D eigenvalue weighted by atomic mass is 10.2. The fourth-order valence-corrected chi connectivity index (χ4v) is 6.52. The maximum absolute atomic E-state index is 6.29. The van der Waals surface area contributed by atoms with Gasteiger partial charge in [-0.25, -0.2) is 0 Å². The molecule has 3 heterocycles. The van der Waals surface area contributed by atoms with Crippen LogP contribution in [0.3, 0.4) is 0 Å². The van der Waals surface area contributed by atoms with Gasteiger partial charge in [0.2, 0.25) is 0 Å². The second kappa shape index (κ2) is 7.50. The van der Waals surface area contributed by atoms with Gasteiger partial charge >= 0.3 is 8.80 Å². The van der Waals surface area contributed by atoms with Crippen LogP contribution in [0.2, 0.25) is 6.04 Å². The van der Waals surface area contributed by atoms with Crippen LogP contribution < -0.4 is 11.5 Å². The molecule has 7 heteroatoms. The van der Waals surface area contributed by atoms with Gasteiger partial charge in [0.15, 0.2) is 0 Å². The lowest BCUT2D eigenvalue weighted by Gasteiger charge is -2.45. The lowest BCUT2D eigenvalue weighted by molar-refractivity contribution is -0.0791. The highest BCUT2D eigenvalue weighted by Crippen LogP contribution is 2.29. The quantitative estimate of drug-likeness (QED) is 0.720. The smallest absolute Gasteiger partial charge is 0.369 e. The van der Waals surface area contributed by atoms with Crippen molar-refractivity contribution in [2.24, 2.45) is 11.5 Å². The van der Waals surface area contributed by atoms with Crippen molar-refractivity contribution in [2.45, 2.75) is 64.0 Å². The molecular weight excluding hydrogens is 286 g/mol. The molecule has 4 atom stereocenters. The molecule has 3 rings (SSSR count). The van der Waals surface area contributed by atoms with E-state index in [0.717, 1.165) is 38.5 Å². The Balaban J connectivity index is 2.06. The van der Waals surface area contributed by atoms with Gasteiger partial charge in [-0.2, -0.15) is 0 Å². The van der Waals surface area contributed by atoms with Gasteiger partial charge in [0.05, 0.1) is 18.3 Å². The minimum Gasteiger partial charge on any atom is -0.369 e. The molecule has 0 radical (unpaired) electrons. The van der Waals surface area contributed by atoms with Crippen molar-refractivity contribution in [3.05, 3.63) is 0 Å². The molecule has 3 aliphatic rings. The second-order valence-corrected chi connectivity index (χ2v) is 9.15. The summed E-state index contributed by atoms with van der Waals surface area (Å²) < 4.78 is 18.9. The summed E-state index contributed by atoms with van der Waals surface area (Å²) in [7, 11) is -2.62. The fraction of sp³-hybridized carbons (Fsp3) is 1.00. The topological polar surface area (TPSA) is 83.0 Å². The van der Waals surface area contributed by atoms with Crippen molar-refractivity contribution in [2.75, 3.05) is 26.2 Å². The van der Waals surface area contributed by atoms with E-state index in [4.69, 9.17) is 24.7 Å². The standard InChI is InChI=1S/C14H31N3O3Si/c1-11-8-17-9-12(2)19-21(18-11,20-13(3)10-17)6-4-5-14(16)7-15/h11-14H,4-10,15-16H2,1-3H3. The summed E-state index contributed by atoms with van der Waals surface area (Å²) in [5.41, 5.74) is 11.5. The Morgan fingerprint density at radius 2 is 1.52 bits per heavy atom. The van der Waals surface area contributed by atoms with E-state index >= 15 is 0 Å². The molecule has 3 aliphatic heterocycles. The predicted molar refractivity (Wildman–Crippen MR) is 84.9 cm³/mol. The van der Waals surface area contributed by atoms with Crippen LogP contribution in [0.1, 0.15) is 33.6 Å². The van der Waals surface area contributed by atoms with E-state index in [1.54, 1.807) is 0 Å². The molecule has 21 heavy (non-hydrogen) atoms. The summed E-state index contributed by atoms with van der Waals surface area (Å²) in [5.74, 6) is 0. The number of hydrogen-bond donors (Lipinski definition) is 2. The Labute approximate surface area is 129 Å². The number of hydrogen-bond acceptors (Lipinski definition) is 6. The zero-order chi connectivity index (χ0) is 15.5. The highest BCUT2D eigenvalue weighted by atomic mass is 28.4. The Kier molecular flexibility index (Phi) is 6.19. The van der Waals surface area contributed by atoms with Crippen molar-refractivity contribution in [3.8, 4) is 0 Å².